The van der Waals surface area contributed by atoms with Crippen molar-refractivity contribution in [2.75, 3.05) is 10.6 Å². The molecule has 0 saturated heterocycles. The molecule has 2 aromatic carbocycles. The Labute approximate surface area is 190 Å². The molecule has 0 aromatic heterocycles. The lowest BCUT2D eigenvalue weighted by Crippen LogP contribution is -2.50. The molecule has 1 unspecified atom stereocenters. The molecule has 32 heavy (non-hydrogen) atoms. The number of nitrogens with zero attached hydrogens (tertiary/aromatic N) is 1. The summed E-state index contributed by atoms with van der Waals surface area (Å²) < 4.78 is 0. The Kier molecular flexibility index (Phi) is 7.02. The Morgan fingerprint density at radius 2 is 1.59 bits per heavy atom. The maximum atomic E-state index is 13.3. The van der Waals surface area contributed by atoms with Gasteiger partial charge in [-0.1, -0.05) is 65.0 Å². The fourth-order valence-corrected chi connectivity index (χ4v) is 3.70. The molecule has 6 heteroatoms. The van der Waals surface area contributed by atoms with Crippen molar-refractivity contribution >= 4 is 29.1 Å². The maximum absolute atomic E-state index is 13.3. The van der Waals surface area contributed by atoms with Crippen LogP contribution in [0.4, 0.5) is 11.4 Å². The third-order valence-electron chi connectivity index (χ3n) is 5.52. The average molecular weight is 436 g/mol. The summed E-state index contributed by atoms with van der Waals surface area (Å²) in [5.74, 6) is -0.126. The van der Waals surface area contributed by atoms with E-state index in [9.17, 15) is 14.4 Å². The molecule has 0 aliphatic carbocycles. The Balaban J connectivity index is 1.79. The van der Waals surface area contributed by atoms with E-state index in [0.717, 1.165) is 11.1 Å². The number of fused-ring (bicyclic) bond motifs is 1. The molecule has 1 aliphatic heterocycles. The van der Waals surface area contributed by atoms with Gasteiger partial charge in [-0.3, -0.25) is 14.4 Å². The summed E-state index contributed by atoms with van der Waals surface area (Å²) in [6.07, 6.45) is 0.882. The summed E-state index contributed by atoms with van der Waals surface area (Å²) in [6, 6.07) is 14.5. The molecule has 6 nitrogen and oxygen atoms in total. The second-order valence-corrected chi connectivity index (χ2v) is 9.88. The molecule has 1 aliphatic rings. The van der Waals surface area contributed by atoms with Gasteiger partial charge in [-0.15, -0.1) is 0 Å². The van der Waals surface area contributed by atoms with Crippen molar-refractivity contribution in [1.29, 1.82) is 0 Å². The number of anilines is 2. The van der Waals surface area contributed by atoms with Gasteiger partial charge < -0.3 is 15.5 Å². The first-order valence-electron chi connectivity index (χ1n) is 11.1. The molecular formula is C26H33N3O3. The van der Waals surface area contributed by atoms with Gasteiger partial charge in [-0.2, -0.15) is 0 Å². The summed E-state index contributed by atoms with van der Waals surface area (Å²) in [5.41, 5.74) is 2.85. The van der Waals surface area contributed by atoms with Gasteiger partial charge in [0.2, 0.25) is 17.7 Å². The minimum atomic E-state index is -0.580. The molecule has 0 saturated carbocycles. The summed E-state index contributed by atoms with van der Waals surface area (Å²) in [5, 5.41) is 5.83. The standard InChI is InChI=1S/C26H33N3O3/c1-17(2)13-23(30)29-16-19-10-7-6-9-18(19)14-22(29)24(31)27-20-11-8-12-21(15-20)28-25(32)26(3,4)5/h6-12,15,17,22H,13-14,16H2,1-5H3,(H,27,31)(H,28,32). The Morgan fingerprint density at radius 1 is 0.969 bits per heavy atom. The number of benzene rings is 2. The lowest BCUT2D eigenvalue weighted by Gasteiger charge is -2.36. The van der Waals surface area contributed by atoms with Crippen LogP contribution in [0.1, 0.15) is 52.2 Å². The smallest absolute Gasteiger partial charge is 0.247 e. The topological polar surface area (TPSA) is 78.5 Å². The molecule has 0 spiro atoms. The highest BCUT2D eigenvalue weighted by Crippen LogP contribution is 2.26. The fraction of sp³-hybridized carbons (Fsp3) is 0.423. The van der Waals surface area contributed by atoms with Crippen LogP contribution in [-0.4, -0.2) is 28.7 Å². The lowest BCUT2D eigenvalue weighted by molar-refractivity contribution is -0.140. The van der Waals surface area contributed by atoms with Crippen molar-refractivity contribution in [3.63, 3.8) is 0 Å². The molecule has 1 atom stereocenters. The van der Waals surface area contributed by atoms with Crippen molar-refractivity contribution < 1.29 is 14.4 Å². The Morgan fingerprint density at radius 3 is 2.22 bits per heavy atom. The highest BCUT2D eigenvalue weighted by atomic mass is 16.2. The third-order valence-corrected chi connectivity index (χ3v) is 5.52. The molecule has 3 amide bonds. The largest absolute Gasteiger partial charge is 0.326 e. The van der Waals surface area contributed by atoms with Gasteiger partial charge in [-0.05, 0) is 35.2 Å². The summed E-state index contributed by atoms with van der Waals surface area (Å²) in [4.78, 5) is 40.2. The predicted octanol–water partition coefficient (Wildman–Crippen LogP) is 4.61. The minimum absolute atomic E-state index is 0.0131. The molecule has 0 bridgehead atoms. The minimum Gasteiger partial charge on any atom is -0.326 e. The van der Waals surface area contributed by atoms with Gasteiger partial charge in [0, 0.05) is 36.2 Å². The SMILES string of the molecule is CC(C)CC(=O)N1Cc2ccccc2CC1C(=O)Nc1cccc(NC(=O)C(C)(C)C)c1. The van der Waals surface area contributed by atoms with Gasteiger partial charge in [-0.25, -0.2) is 0 Å². The van der Waals surface area contributed by atoms with E-state index in [0.29, 0.717) is 30.8 Å². The zero-order chi connectivity index (χ0) is 23.5. The fourth-order valence-electron chi connectivity index (χ4n) is 3.70. The number of nitrogens with one attached hydrogen (secondary N) is 2. The first-order chi connectivity index (χ1) is 15.0. The van der Waals surface area contributed by atoms with E-state index in [1.807, 2.05) is 58.9 Å². The predicted molar refractivity (Wildman–Crippen MR) is 127 cm³/mol. The van der Waals surface area contributed by atoms with Crippen molar-refractivity contribution in [3.05, 3.63) is 59.7 Å². The van der Waals surface area contributed by atoms with E-state index in [2.05, 4.69) is 10.6 Å². The monoisotopic (exact) mass is 435 g/mol. The van der Waals surface area contributed by atoms with Gasteiger partial charge in [0.05, 0.1) is 0 Å². The Hall–Kier alpha value is -3.15. The van der Waals surface area contributed by atoms with Crippen LogP contribution in [0.25, 0.3) is 0 Å². The zero-order valence-corrected chi connectivity index (χ0v) is 19.6. The van der Waals surface area contributed by atoms with Crippen LogP contribution in [0.5, 0.6) is 0 Å². The molecular weight excluding hydrogens is 402 g/mol. The van der Waals surface area contributed by atoms with E-state index in [1.165, 1.54) is 0 Å². The molecule has 0 fully saturated rings. The van der Waals surface area contributed by atoms with E-state index in [1.54, 1.807) is 29.2 Å². The second-order valence-electron chi connectivity index (χ2n) is 9.88. The summed E-state index contributed by atoms with van der Waals surface area (Å²) in [7, 11) is 0. The number of hydrogen-bond acceptors (Lipinski definition) is 3. The average Bonchev–Trinajstić information content (AvgIpc) is 2.71. The van der Waals surface area contributed by atoms with Crippen molar-refractivity contribution in [1.82, 2.24) is 4.90 Å². The van der Waals surface area contributed by atoms with Crippen LogP contribution in [0, 0.1) is 11.3 Å². The van der Waals surface area contributed by atoms with Crippen LogP contribution in [0.2, 0.25) is 0 Å². The quantitative estimate of drug-likeness (QED) is 0.720. The van der Waals surface area contributed by atoms with E-state index < -0.39 is 11.5 Å². The molecule has 1 heterocycles. The van der Waals surface area contributed by atoms with E-state index in [-0.39, 0.29) is 23.6 Å². The molecule has 0 radical (unpaired) electrons. The number of carbonyl (C=O) groups excluding carboxylic acids is 3. The highest BCUT2D eigenvalue weighted by molar-refractivity contribution is 5.99. The lowest BCUT2D eigenvalue weighted by atomic mass is 9.92. The molecule has 2 N–H and O–H groups in total. The van der Waals surface area contributed by atoms with Gasteiger partial charge in [0.1, 0.15) is 6.04 Å². The zero-order valence-electron chi connectivity index (χ0n) is 19.6. The third kappa shape index (κ3) is 5.75. The number of amides is 3. The normalized spacial score (nSPS) is 15.8. The number of carbonyl (C=O) groups is 3. The first kappa shape index (κ1) is 23.5. The van der Waals surface area contributed by atoms with Gasteiger partial charge >= 0.3 is 0 Å². The summed E-state index contributed by atoms with van der Waals surface area (Å²) >= 11 is 0. The Bertz CT molecular complexity index is 1010. The highest BCUT2D eigenvalue weighted by Gasteiger charge is 2.34. The van der Waals surface area contributed by atoms with Crippen molar-refractivity contribution in [2.24, 2.45) is 11.3 Å². The van der Waals surface area contributed by atoms with Crippen LogP contribution < -0.4 is 10.6 Å². The van der Waals surface area contributed by atoms with Crippen molar-refractivity contribution in [3.8, 4) is 0 Å². The van der Waals surface area contributed by atoms with Crippen molar-refractivity contribution in [2.45, 2.75) is 60.0 Å². The summed E-state index contributed by atoms with van der Waals surface area (Å²) in [6.45, 7) is 9.97. The van der Waals surface area contributed by atoms with Crippen LogP contribution in [0.3, 0.4) is 0 Å². The molecule has 3 rings (SSSR count). The first-order valence-corrected chi connectivity index (χ1v) is 11.1. The number of rotatable bonds is 5. The van der Waals surface area contributed by atoms with Gasteiger partial charge in [0.25, 0.3) is 0 Å². The van der Waals surface area contributed by atoms with E-state index in [4.69, 9.17) is 0 Å². The maximum Gasteiger partial charge on any atom is 0.247 e. The van der Waals surface area contributed by atoms with E-state index >= 15 is 0 Å². The van der Waals surface area contributed by atoms with Crippen LogP contribution in [0.15, 0.2) is 48.5 Å². The van der Waals surface area contributed by atoms with Gasteiger partial charge in [0.15, 0.2) is 0 Å². The second kappa shape index (κ2) is 9.55. The molecule has 2 aromatic rings. The number of hydrogen-bond donors (Lipinski definition) is 2. The molecule has 170 valence electrons. The van der Waals surface area contributed by atoms with Crippen LogP contribution in [-0.2, 0) is 27.3 Å². The van der Waals surface area contributed by atoms with Crippen LogP contribution >= 0.6 is 0 Å².